The van der Waals surface area contributed by atoms with Crippen LogP contribution in [0.4, 0.5) is 4.79 Å². The largest absolute Gasteiger partial charge is 0.479 e. The number of rotatable bonds is 5. The van der Waals surface area contributed by atoms with Gasteiger partial charge in [-0.3, -0.25) is 0 Å². The third-order valence-electron chi connectivity index (χ3n) is 3.37. The van der Waals surface area contributed by atoms with Gasteiger partial charge >= 0.3 is 12.0 Å². The van der Waals surface area contributed by atoms with Gasteiger partial charge in [-0.05, 0) is 36.3 Å². The first kappa shape index (κ1) is 14.8. The summed E-state index contributed by atoms with van der Waals surface area (Å²) in [6.45, 7) is -0.0547. The second-order valence-electron chi connectivity index (χ2n) is 4.66. The van der Waals surface area contributed by atoms with Gasteiger partial charge in [0, 0.05) is 12.0 Å². The molecule has 1 aromatic heterocycles. The molecular weight excluding hydrogens is 280 g/mol. The molecule has 0 aromatic carbocycles. The number of nitrogens with one attached hydrogen (secondary N) is 2. The summed E-state index contributed by atoms with van der Waals surface area (Å²) in [7, 11) is 1.30. The molecule has 0 spiro atoms. The van der Waals surface area contributed by atoms with Gasteiger partial charge in [0.05, 0.1) is 12.6 Å². The molecule has 7 heteroatoms. The van der Waals surface area contributed by atoms with Crippen molar-refractivity contribution in [1.82, 2.24) is 10.6 Å². The molecule has 0 saturated heterocycles. The molecule has 0 aliphatic heterocycles. The standard InChI is InChI=1S/C13H18N2O4S/c1-19-10(12(16)17)7-14-13(18)15-9-3-2-4-11-8(9)5-6-20-11/h5-6,9-10H,2-4,7H2,1H3,(H,16,17)(H2,14,15,18). The molecule has 1 aliphatic rings. The average Bonchev–Trinajstić information content (AvgIpc) is 2.88. The van der Waals surface area contributed by atoms with Crippen LogP contribution in [0.5, 0.6) is 0 Å². The fourth-order valence-corrected chi connectivity index (χ4v) is 3.29. The van der Waals surface area contributed by atoms with E-state index in [1.54, 1.807) is 11.3 Å². The third-order valence-corrected chi connectivity index (χ3v) is 4.36. The number of carboxylic acid groups (broad SMARTS) is 1. The minimum absolute atomic E-state index is 0.0100. The van der Waals surface area contributed by atoms with Crippen LogP contribution >= 0.6 is 11.3 Å². The van der Waals surface area contributed by atoms with Crippen LogP contribution in [0, 0.1) is 0 Å². The van der Waals surface area contributed by atoms with Crippen molar-refractivity contribution in [2.75, 3.05) is 13.7 Å². The van der Waals surface area contributed by atoms with Gasteiger partial charge in [-0.15, -0.1) is 11.3 Å². The number of carbonyl (C=O) groups is 2. The van der Waals surface area contributed by atoms with Crippen LogP contribution < -0.4 is 10.6 Å². The SMILES string of the molecule is COC(CNC(=O)NC1CCCc2sccc21)C(=O)O. The summed E-state index contributed by atoms with van der Waals surface area (Å²) in [6, 6.07) is 1.69. The summed E-state index contributed by atoms with van der Waals surface area (Å²) in [5, 5.41) is 16.3. The molecule has 2 rings (SSSR count). The van der Waals surface area contributed by atoms with Gasteiger partial charge < -0.3 is 20.5 Å². The number of thiophene rings is 1. The number of carbonyl (C=O) groups excluding carboxylic acids is 1. The molecule has 0 bridgehead atoms. The Hall–Kier alpha value is -1.60. The highest BCUT2D eigenvalue weighted by Gasteiger charge is 2.23. The van der Waals surface area contributed by atoms with Crippen molar-refractivity contribution in [3.05, 3.63) is 21.9 Å². The minimum Gasteiger partial charge on any atom is -0.479 e. The van der Waals surface area contributed by atoms with Gasteiger partial charge in [-0.2, -0.15) is 0 Å². The van der Waals surface area contributed by atoms with Crippen molar-refractivity contribution in [1.29, 1.82) is 0 Å². The number of urea groups is 1. The third kappa shape index (κ3) is 3.49. The van der Waals surface area contributed by atoms with E-state index < -0.39 is 12.1 Å². The van der Waals surface area contributed by atoms with Crippen molar-refractivity contribution in [2.24, 2.45) is 0 Å². The number of aryl methyl sites for hydroxylation is 1. The number of hydrogen-bond acceptors (Lipinski definition) is 4. The van der Waals surface area contributed by atoms with E-state index in [2.05, 4.69) is 10.6 Å². The first-order valence-electron chi connectivity index (χ1n) is 6.48. The van der Waals surface area contributed by atoms with Gasteiger partial charge in [0.1, 0.15) is 0 Å². The zero-order chi connectivity index (χ0) is 14.5. The maximum Gasteiger partial charge on any atom is 0.334 e. The quantitative estimate of drug-likeness (QED) is 0.769. The fraction of sp³-hybridized carbons (Fsp3) is 0.538. The Morgan fingerprint density at radius 3 is 3.10 bits per heavy atom. The molecule has 1 aliphatic carbocycles. The van der Waals surface area contributed by atoms with Gasteiger partial charge in [-0.25, -0.2) is 9.59 Å². The lowest BCUT2D eigenvalue weighted by Gasteiger charge is -2.24. The van der Waals surface area contributed by atoms with Gasteiger partial charge in [0.2, 0.25) is 0 Å². The van der Waals surface area contributed by atoms with E-state index in [1.165, 1.54) is 17.6 Å². The first-order chi connectivity index (χ1) is 9.61. The second kappa shape index (κ2) is 6.71. The van der Waals surface area contributed by atoms with Crippen molar-refractivity contribution < 1.29 is 19.4 Å². The highest BCUT2D eigenvalue weighted by Crippen LogP contribution is 2.33. The van der Waals surface area contributed by atoms with Crippen LogP contribution in [-0.2, 0) is 16.0 Å². The maximum absolute atomic E-state index is 11.8. The molecule has 20 heavy (non-hydrogen) atoms. The minimum atomic E-state index is -1.09. The van der Waals surface area contributed by atoms with E-state index in [1.807, 2.05) is 11.4 Å². The highest BCUT2D eigenvalue weighted by molar-refractivity contribution is 7.10. The Kier molecular flexibility index (Phi) is 4.97. The molecule has 0 saturated carbocycles. The topological polar surface area (TPSA) is 87.7 Å². The van der Waals surface area contributed by atoms with E-state index in [9.17, 15) is 9.59 Å². The fourth-order valence-electron chi connectivity index (χ4n) is 2.30. The number of carboxylic acids is 1. The van der Waals surface area contributed by atoms with E-state index in [4.69, 9.17) is 9.84 Å². The van der Waals surface area contributed by atoms with Crippen molar-refractivity contribution in [2.45, 2.75) is 31.4 Å². The zero-order valence-electron chi connectivity index (χ0n) is 11.2. The molecule has 110 valence electrons. The van der Waals surface area contributed by atoms with Crippen LogP contribution in [0.15, 0.2) is 11.4 Å². The molecule has 2 atom stereocenters. The predicted molar refractivity (Wildman–Crippen MR) is 75.0 cm³/mol. The number of hydrogen-bond donors (Lipinski definition) is 3. The first-order valence-corrected chi connectivity index (χ1v) is 7.36. The van der Waals surface area contributed by atoms with Gasteiger partial charge in [0.15, 0.2) is 6.10 Å². The van der Waals surface area contributed by atoms with E-state index >= 15 is 0 Å². The van der Waals surface area contributed by atoms with Crippen molar-refractivity contribution in [3.8, 4) is 0 Å². The Balaban J connectivity index is 1.86. The molecule has 1 aromatic rings. The summed E-state index contributed by atoms with van der Waals surface area (Å²) < 4.78 is 4.76. The lowest BCUT2D eigenvalue weighted by molar-refractivity contribution is -0.147. The molecule has 3 N–H and O–H groups in total. The van der Waals surface area contributed by atoms with Crippen LogP contribution in [0.1, 0.15) is 29.3 Å². The predicted octanol–water partition coefficient (Wildman–Crippen LogP) is 1.52. The smallest absolute Gasteiger partial charge is 0.334 e. The maximum atomic E-state index is 11.8. The average molecular weight is 298 g/mol. The molecule has 2 amide bonds. The molecule has 2 unspecified atom stereocenters. The lowest BCUT2D eigenvalue weighted by Crippen LogP contribution is -2.44. The second-order valence-corrected chi connectivity index (χ2v) is 5.66. The van der Waals surface area contributed by atoms with E-state index in [0.29, 0.717) is 0 Å². The zero-order valence-corrected chi connectivity index (χ0v) is 12.0. The molecule has 1 heterocycles. The summed E-state index contributed by atoms with van der Waals surface area (Å²) >= 11 is 1.71. The number of ether oxygens (including phenoxy) is 1. The van der Waals surface area contributed by atoms with Gasteiger partial charge in [0.25, 0.3) is 0 Å². The molecule has 0 radical (unpaired) electrons. The Morgan fingerprint density at radius 1 is 1.60 bits per heavy atom. The monoisotopic (exact) mass is 298 g/mol. The van der Waals surface area contributed by atoms with Crippen LogP contribution in [0.25, 0.3) is 0 Å². The number of aliphatic carboxylic acids is 1. The van der Waals surface area contributed by atoms with Crippen molar-refractivity contribution in [3.63, 3.8) is 0 Å². The highest BCUT2D eigenvalue weighted by atomic mass is 32.1. The van der Waals surface area contributed by atoms with Gasteiger partial charge in [-0.1, -0.05) is 0 Å². The number of amides is 2. The molecular formula is C13H18N2O4S. The van der Waals surface area contributed by atoms with Crippen molar-refractivity contribution >= 4 is 23.3 Å². The van der Waals surface area contributed by atoms with E-state index in [-0.39, 0.29) is 18.6 Å². The molecule has 0 fully saturated rings. The summed E-state index contributed by atoms with van der Waals surface area (Å²) in [5.41, 5.74) is 1.18. The normalized spacial score (nSPS) is 18.9. The lowest BCUT2D eigenvalue weighted by atomic mass is 9.94. The Morgan fingerprint density at radius 2 is 2.40 bits per heavy atom. The van der Waals surface area contributed by atoms with Crippen LogP contribution in [0.3, 0.4) is 0 Å². The van der Waals surface area contributed by atoms with Crippen LogP contribution in [-0.4, -0.2) is 36.9 Å². The molecule has 6 nitrogen and oxygen atoms in total. The number of fused-ring (bicyclic) bond motifs is 1. The number of methoxy groups -OCH3 is 1. The van der Waals surface area contributed by atoms with Crippen LogP contribution in [0.2, 0.25) is 0 Å². The van der Waals surface area contributed by atoms with E-state index in [0.717, 1.165) is 19.3 Å². The summed E-state index contributed by atoms with van der Waals surface area (Å²) in [6.07, 6.45) is 2.00. The Bertz CT molecular complexity index is 488. The summed E-state index contributed by atoms with van der Waals surface area (Å²) in [4.78, 5) is 23.9. The Labute approximate surface area is 121 Å². The summed E-state index contributed by atoms with van der Waals surface area (Å²) in [5.74, 6) is -1.09.